The number of ether oxygens (including phenoxy) is 1. The number of hydrogen-bond donors (Lipinski definition) is 2. The van der Waals surface area contributed by atoms with Gasteiger partial charge >= 0.3 is 5.97 Å². The smallest absolute Gasteiger partial charge is 0.335 e. The second kappa shape index (κ2) is 10.1. The lowest BCUT2D eigenvalue weighted by atomic mass is 9.99. The van der Waals surface area contributed by atoms with Crippen LogP contribution in [-0.4, -0.2) is 42.4 Å². The van der Waals surface area contributed by atoms with Crippen LogP contribution in [0.1, 0.15) is 40.0 Å². The Labute approximate surface area is 214 Å². The fourth-order valence-corrected chi connectivity index (χ4v) is 4.78. The molecule has 2 aromatic heterocycles. The molecule has 5 rings (SSSR count). The molecular formula is C29H29N3O5. The van der Waals surface area contributed by atoms with Crippen LogP contribution in [0.5, 0.6) is 0 Å². The number of carboxylic acids is 1. The molecule has 0 bridgehead atoms. The topological polar surface area (TPSA) is 105 Å². The molecule has 0 aliphatic carbocycles. The maximum atomic E-state index is 13.4. The Morgan fingerprint density at radius 3 is 2.54 bits per heavy atom. The molecule has 1 atom stereocenters. The molecule has 190 valence electrons. The van der Waals surface area contributed by atoms with E-state index >= 15 is 0 Å². The Morgan fingerprint density at radius 1 is 1.11 bits per heavy atom. The van der Waals surface area contributed by atoms with E-state index in [1.165, 1.54) is 0 Å². The van der Waals surface area contributed by atoms with E-state index in [0.717, 1.165) is 22.4 Å². The van der Waals surface area contributed by atoms with Gasteiger partial charge < -0.3 is 24.5 Å². The largest absolute Gasteiger partial charge is 0.478 e. The summed E-state index contributed by atoms with van der Waals surface area (Å²) in [5.74, 6) is -0.377. The zero-order valence-electron chi connectivity index (χ0n) is 21.1. The highest BCUT2D eigenvalue weighted by Crippen LogP contribution is 2.34. The highest BCUT2D eigenvalue weighted by Gasteiger charge is 2.23. The molecule has 1 aliphatic heterocycles. The molecule has 0 amide bonds. The molecule has 1 aliphatic rings. The number of anilines is 2. The monoisotopic (exact) mass is 499 g/mol. The van der Waals surface area contributed by atoms with E-state index in [4.69, 9.17) is 9.15 Å². The average Bonchev–Trinajstić information content (AvgIpc) is 2.91. The summed E-state index contributed by atoms with van der Waals surface area (Å²) >= 11 is 0. The lowest BCUT2D eigenvalue weighted by Gasteiger charge is -2.29. The van der Waals surface area contributed by atoms with E-state index in [1.54, 1.807) is 30.5 Å². The van der Waals surface area contributed by atoms with Gasteiger partial charge in [0.05, 0.1) is 47.2 Å². The van der Waals surface area contributed by atoms with Crippen LogP contribution in [0.3, 0.4) is 0 Å². The predicted octanol–water partition coefficient (Wildman–Crippen LogP) is 5.18. The minimum absolute atomic E-state index is 0.0273. The summed E-state index contributed by atoms with van der Waals surface area (Å²) in [6.45, 7) is 8.34. The van der Waals surface area contributed by atoms with Crippen molar-refractivity contribution in [2.24, 2.45) is 0 Å². The third kappa shape index (κ3) is 4.80. The maximum Gasteiger partial charge on any atom is 0.335 e. The normalized spacial score (nSPS) is 14.5. The summed E-state index contributed by atoms with van der Waals surface area (Å²) in [6, 6.07) is 14.1. The molecule has 8 heteroatoms. The van der Waals surface area contributed by atoms with Gasteiger partial charge in [0.25, 0.3) is 0 Å². The van der Waals surface area contributed by atoms with Crippen LogP contribution in [0, 0.1) is 13.8 Å². The molecule has 0 saturated carbocycles. The number of nitrogens with zero attached hydrogens (tertiary/aromatic N) is 2. The van der Waals surface area contributed by atoms with E-state index in [-0.39, 0.29) is 17.0 Å². The fourth-order valence-electron chi connectivity index (χ4n) is 4.78. The summed E-state index contributed by atoms with van der Waals surface area (Å²) in [4.78, 5) is 31.3. The predicted molar refractivity (Wildman–Crippen MR) is 144 cm³/mol. The molecule has 8 nitrogen and oxygen atoms in total. The number of carbonyl (C=O) groups is 1. The third-order valence-corrected chi connectivity index (χ3v) is 6.72. The number of aromatic nitrogens is 1. The first-order valence-corrected chi connectivity index (χ1v) is 12.3. The van der Waals surface area contributed by atoms with Gasteiger partial charge in [-0.2, -0.15) is 0 Å². The second-order valence-corrected chi connectivity index (χ2v) is 9.34. The van der Waals surface area contributed by atoms with Crippen molar-refractivity contribution in [2.75, 3.05) is 36.5 Å². The van der Waals surface area contributed by atoms with Gasteiger partial charge in [-0.1, -0.05) is 18.2 Å². The number of nitrogens with one attached hydrogen (secondary N) is 1. The van der Waals surface area contributed by atoms with Crippen LogP contribution >= 0.6 is 0 Å². The summed E-state index contributed by atoms with van der Waals surface area (Å²) in [5, 5.41) is 13.3. The van der Waals surface area contributed by atoms with Crippen molar-refractivity contribution < 1.29 is 19.1 Å². The number of carboxylic acid groups (broad SMARTS) is 1. The first kappa shape index (κ1) is 24.5. The maximum absolute atomic E-state index is 13.4. The number of pyridine rings is 1. The lowest BCUT2D eigenvalue weighted by molar-refractivity contribution is 0.0697. The molecule has 0 radical (unpaired) electrons. The number of morpholine rings is 1. The number of fused-ring (bicyclic) bond motifs is 1. The fraction of sp³-hybridized carbons (Fsp3) is 0.276. The molecule has 0 unspecified atom stereocenters. The molecule has 2 N–H and O–H groups in total. The second-order valence-electron chi connectivity index (χ2n) is 9.34. The molecule has 37 heavy (non-hydrogen) atoms. The molecule has 1 saturated heterocycles. The minimum atomic E-state index is -0.973. The first-order chi connectivity index (χ1) is 17.8. The number of rotatable bonds is 6. The highest BCUT2D eigenvalue weighted by molar-refractivity contribution is 5.89. The molecule has 0 spiro atoms. The number of aromatic carboxylic acids is 1. The third-order valence-electron chi connectivity index (χ3n) is 6.72. The van der Waals surface area contributed by atoms with Crippen LogP contribution in [-0.2, 0) is 4.74 Å². The quantitative estimate of drug-likeness (QED) is 0.374. The Balaban J connectivity index is 1.55. The van der Waals surface area contributed by atoms with Gasteiger partial charge in [0.1, 0.15) is 5.58 Å². The van der Waals surface area contributed by atoms with Crippen molar-refractivity contribution in [1.82, 2.24) is 4.98 Å². The Bertz CT molecular complexity index is 1520. The average molecular weight is 500 g/mol. The van der Waals surface area contributed by atoms with Crippen molar-refractivity contribution in [3.63, 3.8) is 0 Å². The summed E-state index contributed by atoms with van der Waals surface area (Å²) in [7, 11) is 0. The minimum Gasteiger partial charge on any atom is -0.478 e. The summed E-state index contributed by atoms with van der Waals surface area (Å²) < 4.78 is 11.9. The van der Waals surface area contributed by atoms with Gasteiger partial charge in [0, 0.05) is 30.4 Å². The van der Waals surface area contributed by atoms with Gasteiger partial charge in [-0.15, -0.1) is 0 Å². The van der Waals surface area contributed by atoms with Gasteiger partial charge in [-0.3, -0.25) is 9.78 Å². The summed E-state index contributed by atoms with van der Waals surface area (Å²) in [5.41, 5.74) is 5.49. The molecule has 3 heterocycles. The standard InChI is InChI=1S/C29H29N3O5/c1-17-15-22(27-23(16-17)26(33)18(2)28(37-27)32-11-13-36-14-12-32)19(3)31-24-5-4-10-30-25(24)20-6-8-21(9-7-20)29(34)35/h4-10,15-16,19,31H,11-14H2,1-3H3,(H,34,35)/t19-/m0/s1. The first-order valence-electron chi connectivity index (χ1n) is 12.3. The van der Waals surface area contributed by atoms with E-state index in [2.05, 4.69) is 15.2 Å². The molecule has 2 aromatic carbocycles. The van der Waals surface area contributed by atoms with Crippen LogP contribution in [0.2, 0.25) is 0 Å². The van der Waals surface area contributed by atoms with Gasteiger partial charge in [-0.25, -0.2) is 4.79 Å². The molecule has 4 aromatic rings. The SMILES string of the molecule is Cc1cc([C@H](C)Nc2cccnc2-c2ccc(C(=O)O)cc2)c2oc(N3CCOCC3)c(C)c(=O)c2c1. The van der Waals surface area contributed by atoms with Crippen LogP contribution < -0.4 is 15.6 Å². The van der Waals surface area contributed by atoms with Gasteiger partial charge in [0.15, 0.2) is 5.43 Å². The number of aryl methyl sites for hydroxylation is 1. The van der Waals surface area contributed by atoms with Crippen molar-refractivity contribution in [3.05, 3.63) is 87.2 Å². The Kier molecular flexibility index (Phi) is 6.67. The Hall–Kier alpha value is -4.17. The highest BCUT2D eigenvalue weighted by atomic mass is 16.5. The molecule has 1 fully saturated rings. The van der Waals surface area contributed by atoms with Crippen molar-refractivity contribution in [2.45, 2.75) is 26.8 Å². The van der Waals surface area contributed by atoms with E-state index < -0.39 is 5.97 Å². The van der Waals surface area contributed by atoms with E-state index in [9.17, 15) is 14.7 Å². The lowest BCUT2D eigenvalue weighted by Crippen LogP contribution is -2.37. The van der Waals surface area contributed by atoms with Crippen LogP contribution in [0.4, 0.5) is 11.6 Å². The van der Waals surface area contributed by atoms with E-state index in [1.807, 2.05) is 45.0 Å². The van der Waals surface area contributed by atoms with Gasteiger partial charge in [-0.05, 0) is 56.7 Å². The van der Waals surface area contributed by atoms with Crippen LogP contribution in [0.15, 0.2) is 63.9 Å². The number of benzene rings is 2. The molecular weight excluding hydrogens is 470 g/mol. The zero-order valence-corrected chi connectivity index (χ0v) is 21.1. The zero-order chi connectivity index (χ0) is 26.1. The van der Waals surface area contributed by atoms with E-state index in [0.29, 0.717) is 54.4 Å². The van der Waals surface area contributed by atoms with Crippen molar-refractivity contribution >= 4 is 28.5 Å². The summed E-state index contributed by atoms with van der Waals surface area (Å²) in [6.07, 6.45) is 1.70. The van der Waals surface area contributed by atoms with Crippen molar-refractivity contribution in [3.8, 4) is 11.3 Å². The number of hydrogen-bond acceptors (Lipinski definition) is 7. The van der Waals surface area contributed by atoms with Gasteiger partial charge in [0.2, 0.25) is 5.88 Å². The van der Waals surface area contributed by atoms with Crippen LogP contribution in [0.25, 0.3) is 22.2 Å². The Morgan fingerprint density at radius 2 is 1.84 bits per heavy atom. The van der Waals surface area contributed by atoms with Crippen molar-refractivity contribution in [1.29, 1.82) is 0 Å².